The predicted octanol–water partition coefficient (Wildman–Crippen LogP) is 5.75. The van der Waals surface area contributed by atoms with E-state index in [4.69, 9.17) is 9.47 Å². The number of allylic oxidation sites excluding steroid dienone is 1. The number of esters is 1. The molecule has 0 saturated carbocycles. The molecule has 1 aliphatic rings. The number of rotatable bonds is 5. The highest BCUT2D eigenvalue weighted by molar-refractivity contribution is 6.00. The van der Waals surface area contributed by atoms with E-state index in [0.717, 1.165) is 29.7 Å². The summed E-state index contributed by atoms with van der Waals surface area (Å²) in [5, 5.41) is 4.45. The zero-order valence-corrected chi connectivity index (χ0v) is 19.6. The quantitative estimate of drug-likeness (QED) is 0.360. The second-order valence-corrected chi connectivity index (χ2v) is 9.41. The number of aromatic nitrogens is 3. The van der Waals surface area contributed by atoms with E-state index in [9.17, 15) is 4.79 Å². The lowest BCUT2D eigenvalue weighted by atomic mass is 9.90. The number of hydrogen-bond donors (Lipinski definition) is 0. The van der Waals surface area contributed by atoms with E-state index < -0.39 is 11.6 Å². The van der Waals surface area contributed by atoms with Gasteiger partial charge >= 0.3 is 5.97 Å². The number of fused-ring (bicyclic) bond motifs is 2. The van der Waals surface area contributed by atoms with Crippen LogP contribution in [0.25, 0.3) is 17.3 Å². The monoisotopic (exact) mass is 453 g/mol. The van der Waals surface area contributed by atoms with Crippen LogP contribution < -0.4 is 4.74 Å². The van der Waals surface area contributed by atoms with Crippen LogP contribution in [0.2, 0.25) is 0 Å². The lowest BCUT2D eigenvalue weighted by Gasteiger charge is -2.22. The molecule has 4 aromatic rings. The Kier molecular flexibility index (Phi) is 5.65. The Bertz CT molecular complexity index is 1380. The van der Waals surface area contributed by atoms with Crippen LogP contribution in [0.5, 0.6) is 5.75 Å². The van der Waals surface area contributed by atoms with Crippen LogP contribution >= 0.6 is 0 Å². The Hall–Kier alpha value is -3.93. The minimum Gasteiger partial charge on any atom is -0.488 e. The van der Waals surface area contributed by atoms with Crippen LogP contribution in [0.1, 0.15) is 59.9 Å². The van der Waals surface area contributed by atoms with Gasteiger partial charge in [0.1, 0.15) is 29.8 Å². The van der Waals surface area contributed by atoms with Crippen LogP contribution in [0.3, 0.4) is 0 Å². The Balaban J connectivity index is 1.63. The average molecular weight is 454 g/mol. The number of hydrogen-bond acceptors (Lipinski definition) is 5. The minimum atomic E-state index is -0.654. The van der Waals surface area contributed by atoms with Gasteiger partial charge in [-0.25, -0.2) is 14.3 Å². The number of pyridine rings is 1. The van der Waals surface area contributed by atoms with E-state index in [0.29, 0.717) is 18.0 Å². The summed E-state index contributed by atoms with van der Waals surface area (Å²) in [6, 6.07) is 20.2. The average Bonchev–Trinajstić information content (AvgIpc) is 3.30. The molecule has 1 aliphatic carbocycles. The van der Waals surface area contributed by atoms with Crippen molar-refractivity contribution in [2.24, 2.45) is 0 Å². The molecule has 0 unspecified atom stereocenters. The molecule has 0 aliphatic heterocycles. The third-order valence-corrected chi connectivity index (χ3v) is 5.73. The van der Waals surface area contributed by atoms with Crippen LogP contribution in [0, 0.1) is 0 Å². The van der Waals surface area contributed by atoms with E-state index in [2.05, 4.69) is 34.4 Å². The molecule has 0 fully saturated rings. The number of carbonyl (C=O) groups is 1. The summed E-state index contributed by atoms with van der Waals surface area (Å²) in [5.74, 6) is -0.0450. The van der Waals surface area contributed by atoms with E-state index in [1.807, 2.05) is 63.2 Å². The largest absolute Gasteiger partial charge is 0.488 e. The van der Waals surface area contributed by atoms with Crippen molar-refractivity contribution in [2.75, 3.05) is 0 Å². The number of carbonyl (C=O) groups excluding carboxylic acids is 1. The molecule has 0 atom stereocenters. The fourth-order valence-corrected chi connectivity index (χ4v) is 4.19. The van der Waals surface area contributed by atoms with Gasteiger partial charge in [-0.3, -0.25) is 0 Å². The van der Waals surface area contributed by atoms with Gasteiger partial charge in [0.25, 0.3) is 0 Å². The predicted molar refractivity (Wildman–Crippen MR) is 132 cm³/mol. The number of ether oxygens (including phenoxy) is 2. The number of nitrogens with zero attached hydrogens (tertiary/aromatic N) is 3. The van der Waals surface area contributed by atoms with Crippen molar-refractivity contribution in [3.05, 3.63) is 94.9 Å². The standard InChI is InChI=1S/C28H27N3O3/c1-28(2,3)34-27(32)25-24(33-17-19-9-5-4-6-10-19)16-23(31-26(25)29-18-30-31)22-14-13-20-11-7-8-12-21(20)15-22/h4-12,15-16,18H,13-14,17H2,1-3H3. The van der Waals surface area contributed by atoms with Crippen molar-refractivity contribution < 1.29 is 14.3 Å². The maximum Gasteiger partial charge on any atom is 0.346 e. The van der Waals surface area contributed by atoms with Crippen LogP contribution in [-0.2, 0) is 17.8 Å². The highest BCUT2D eigenvalue weighted by Crippen LogP contribution is 2.35. The molecule has 5 rings (SSSR count). The van der Waals surface area contributed by atoms with Crippen molar-refractivity contribution in [3.63, 3.8) is 0 Å². The van der Waals surface area contributed by atoms with Gasteiger partial charge in [-0.05, 0) is 62.0 Å². The summed E-state index contributed by atoms with van der Waals surface area (Å²) in [5.41, 5.74) is 5.56. The SMILES string of the molecule is CC(C)(C)OC(=O)c1c(OCc2ccccc2)cc(C2=Cc3ccccc3CC2)n2ncnc12. The second kappa shape index (κ2) is 8.78. The Morgan fingerprint density at radius 1 is 1.03 bits per heavy atom. The summed E-state index contributed by atoms with van der Waals surface area (Å²) in [7, 11) is 0. The molecule has 0 radical (unpaired) electrons. The Labute approximate surface area is 198 Å². The maximum absolute atomic E-state index is 13.3. The first-order valence-corrected chi connectivity index (χ1v) is 11.4. The molecule has 0 spiro atoms. The molecule has 6 heteroatoms. The lowest BCUT2D eigenvalue weighted by Crippen LogP contribution is -2.25. The van der Waals surface area contributed by atoms with Gasteiger partial charge in [0.2, 0.25) is 0 Å². The highest BCUT2D eigenvalue weighted by Gasteiger charge is 2.28. The van der Waals surface area contributed by atoms with Crippen molar-refractivity contribution in [2.45, 2.75) is 45.8 Å². The van der Waals surface area contributed by atoms with Gasteiger partial charge in [-0.2, -0.15) is 5.10 Å². The molecule has 2 aromatic heterocycles. The summed E-state index contributed by atoms with van der Waals surface area (Å²) in [6.45, 7) is 5.85. The molecular weight excluding hydrogens is 426 g/mol. The number of benzene rings is 2. The van der Waals surface area contributed by atoms with E-state index >= 15 is 0 Å². The van der Waals surface area contributed by atoms with Gasteiger partial charge in [0.15, 0.2) is 5.65 Å². The van der Waals surface area contributed by atoms with E-state index in [-0.39, 0.29) is 5.56 Å². The zero-order valence-electron chi connectivity index (χ0n) is 19.6. The topological polar surface area (TPSA) is 65.7 Å². The molecule has 2 aromatic carbocycles. The third kappa shape index (κ3) is 4.44. The highest BCUT2D eigenvalue weighted by atomic mass is 16.6. The second-order valence-electron chi connectivity index (χ2n) is 9.41. The van der Waals surface area contributed by atoms with Crippen molar-refractivity contribution in [1.82, 2.24) is 14.6 Å². The van der Waals surface area contributed by atoms with Crippen LogP contribution in [0.4, 0.5) is 0 Å². The molecule has 0 amide bonds. The van der Waals surface area contributed by atoms with E-state index in [1.54, 1.807) is 4.52 Å². The number of aryl methyl sites for hydroxylation is 1. The maximum atomic E-state index is 13.3. The van der Waals surface area contributed by atoms with Gasteiger partial charge in [0, 0.05) is 6.07 Å². The van der Waals surface area contributed by atoms with Gasteiger partial charge in [0.05, 0.1) is 5.69 Å². The Morgan fingerprint density at radius 2 is 1.79 bits per heavy atom. The molecule has 0 bridgehead atoms. The minimum absolute atomic E-state index is 0.281. The van der Waals surface area contributed by atoms with Crippen molar-refractivity contribution >= 4 is 23.3 Å². The van der Waals surface area contributed by atoms with Gasteiger partial charge < -0.3 is 9.47 Å². The molecule has 0 saturated heterocycles. The zero-order chi connectivity index (χ0) is 23.7. The van der Waals surface area contributed by atoms with Crippen molar-refractivity contribution in [1.29, 1.82) is 0 Å². The summed E-state index contributed by atoms with van der Waals surface area (Å²) in [4.78, 5) is 17.7. The normalized spacial score (nSPS) is 13.3. The molecule has 0 N–H and O–H groups in total. The summed E-state index contributed by atoms with van der Waals surface area (Å²) < 4.78 is 13.7. The van der Waals surface area contributed by atoms with Crippen LogP contribution in [0.15, 0.2) is 67.0 Å². The third-order valence-electron chi connectivity index (χ3n) is 5.73. The summed E-state index contributed by atoms with van der Waals surface area (Å²) in [6.07, 6.45) is 5.44. The van der Waals surface area contributed by atoms with Gasteiger partial charge in [-0.15, -0.1) is 0 Å². The molecule has 172 valence electrons. The van der Waals surface area contributed by atoms with Crippen molar-refractivity contribution in [3.8, 4) is 5.75 Å². The molecule has 6 nitrogen and oxygen atoms in total. The van der Waals surface area contributed by atoms with E-state index in [1.165, 1.54) is 17.5 Å². The van der Waals surface area contributed by atoms with Crippen LogP contribution in [-0.4, -0.2) is 26.2 Å². The van der Waals surface area contributed by atoms with Gasteiger partial charge in [-0.1, -0.05) is 54.6 Å². The first-order valence-electron chi connectivity index (χ1n) is 11.4. The first kappa shape index (κ1) is 21.9. The summed E-state index contributed by atoms with van der Waals surface area (Å²) >= 11 is 0. The lowest BCUT2D eigenvalue weighted by molar-refractivity contribution is 0.00671. The smallest absolute Gasteiger partial charge is 0.346 e. The molecule has 2 heterocycles. The fraction of sp³-hybridized carbons (Fsp3) is 0.250. The first-order chi connectivity index (χ1) is 16.4. The molecule has 34 heavy (non-hydrogen) atoms. The Morgan fingerprint density at radius 3 is 2.59 bits per heavy atom. The molecular formula is C28H27N3O3. The fourth-order valence-electron chi connectivity index (χ4n) is 4.19.